The quantitative estimate of drug-likeness (QED) is 0.800. The first-order chi connectivity index (χ1) is 13.6. The van der Waals surface area contributed by atoms with Crippen LogP contribution in [0.4, 0.5) is 11.5 Å². The van der Waals surface area contributed by atoms with Crippen LogP contribution >= 0.6 is 0 Å². The van der Waals surface area contributed by atoms with Crippen LogP contribution in [0.2, 0.25) is 0 Å². The molecule has 0 radical (unpaired) electrons. The molecule has 2 aromatic rings. The van der Waals surface area contributed by atoms with E-state index < -0.39 is 0 Å². The molecule has 2 aliphatic rings. The highest BCUT2D eigenvalue weighted by atomic mass is 16.5. The Morgan fingerprint density at radius 2 is 1.89 bits per heavy atom. The normalized spacial score (nSPS) is 20.9. The lowest BCUT2D eigenvalue weighted by Crippen LogP contribution is -2.42. The maximum Gasteiger partial charge on any atom is 0.251 e. The summed E-state index contributed by atoms with van der Waals surface area (Å²) in [6, 6.07) is 9.69. The van der Waals surface area contributed by atoms with E-state index in [1.54, 1.807) is 0 Å². The lowest BCUT2D eigenvalue weighted by atomic mass is 10.1. The second-order valence-corrected chi connectivity index (χ2v) is 7.41. The first kappa shape index (κ1) is 18.7. The highest BCUT2D eigenvalue weighted by molar-refractivity contribution is 5.94. The number of aryl methyl sites for hydroxylation is 1. The van der Waals surface area contributed by atoms with E-state index in [9.17, 15) is 4.79 Å². The zero-order chi connectivity index (χ0) is 19.5. The number of benzene rings is 1. The Kier molecular flexibility index (Phi) is 5.43. The van der Waals surface area contributed by atoms with Gasteiger partial charge in [0.2, 0.25) is 0 Å². The van der Waals surface area contributed by atoms with Gasteiger partial charge in [-0.15, -0.1) is 0 Å². The molecule has 7 nitrogen and oxygen atoms in total. The molecule has 4 rings (SSSR count). The molecule has 0 spiro atoms. The zero-order valence-corrected chi connectivity index (χ0v) is 16.4. The number of ether oxygens (including phenoxy) is 1. The van der Waals surface area contributed by atoms with Crippen LogP contribution < -0.4 is 15.5 Å². The number of hydrogen-bond acceptors (Lipinski definition) is 6. The van der Waals surface area contributed by atoms with Gasteiger partial charge in [0.25, 0.3) is 5.91 Å². The number of morpholine rings is 1. The van der Waals surface area contributed by atoms with E-state index >= 15 is 0 Å². The summed E-state index contributed by atoms with van der Waals surface area (Å²) in [4.78, 5) is 23.6. The van der Waals surface area contributed by atoms with Gasteiger partial charge in [-0.1, -0.05) is 0 Å². The molecule has 1 aromatic heterocycles. The van der Waals surface area contributed by atoms with E-state index in [0.29, 0.717) is 30.1 Å². The fraction of sp³-hybridized carbons (Fsp3) is 0.476. The molecule has 0 saturated carbocycles. The van der Waals surface area contributed by atoms with Crippen molar-refractivity contribution in [1.82, 2.24) is 15.3 Å². The molecular weight excluding hydrogens is 354 g/mol. The van der Waals surface area contributed by atoms with Crippen molar-refractivity contribution in [3.63, 3.8) is 0 Å². The van der Waals surface area contributed by atoms with E-state index in [1.165, 1.54) is 0 Å². The standard InChI is InChI=1S/C21H27N5O2/c1-3-22-20-10-16(24-14(2)25-20)11-23-21(27)15-4-6-17(7-5-15)26-12-18-8-9-19(13-26)28-18/h4-7,10,18-19H,3,8-9,11-13H2,1-2H3,(H,23,27)(H,22,24,25). The van der Waals surface area contributed by atoms with Crippen molar-refractivity contribution < 1.29 is 9.53 Å². The van der Waals surface area contributed by atoms with Crippen molar-refractivity contribution in [2.75, 3.05) is 29.9 Å². The smallest absolute Gasteiger partial charge is 0.251 e. The first-order valence-corrected chi connectivity index (χ1v) is 9.98. The highest BCUT2D eigenvalue weighted by Gasteiger charge is 2.33. The average Bonchev–Trinajstić information content (AvgIpc) is 3.04. The van der Waals surface area contributed by atoms with Gasteiger partial charge in [0, 0.05) is 37.0 Å². The van der Waals surface area contributed by atoms with Gasteiger partial charge in [0.15, 0.2) is 0 Å². The number of rotatable bonds is 6. The number of amides is 1. The molecule has 2 fully saturated rings. The van der Waals surface area contributed by atoms with E-state index in [0.717, 1.165) is 49.7 Å². The van der Waals surface area contributed by atoms with E-state index in [1.807, 2.05) is 44.2 Å². The molecule has 2 saturated heterocycles. The Hall–Kier alpha value is -2.67. The van der Waals surface area contributed by atoms with Gasteiger partial charge >= 0.3 is 0 Å². The van der Waals surface area contributed by atoms with Crippen LogP contribution in [0.3, 0.4) is 0 Å². The fourth-order valence-corrected chi connectivity index (χ4v) is 3.91. The van der Waals surface area contributed by atoms with Crippen molar-refractivity contribution in [1.29, 1.82) is 0 Å². The van der Waals surface area contributed by atoms with E-state index in [2.05, 4.69) is 25.5 Å². The second kappa shape index (κ2) is 8.14. The van der Waals surface area contributed by atoms with Gasteiger partial charge in [-0.25, -0.2) is 9.97 Å². The molecule has 1 amide bonds. The Labute approximate surface area is 165 Å². The molecule has 1 aromatic carbocycles. The van der Waals surface area contributed by atoms with Crippen LogP contribution in [0.5, 0.6) is 0 Å². The average molecular weight is 381 g/mol. The fourth-order valence-electron chi connectivity index (χ4n) is 3.91. The van der Waals surface area contributed by atoms with Crippen molar-refractivity contribution in [2.24, 2.45) is 0 Å². The lowest BCUT2D eigenvalue weighted by molar-refractivity contribution is 0.0305. The minimum Gasteiger partial charge on any atom is -0.371 e. The van der Waals surface area contributed by atoms with Crippen LogP contribution in [0.1, 0.15) is 41.6 Å². The van der Waals surface area contributed by atoms with Crippen molar-refractivity contribution >= 4 is 17.4 Å². The summed E-state index contributed by atoms with van der Waals surface area (Å²) < 4.78 is 5.90. The molecule has 2 aliphatic heterocycles. The van der Waals surface area contributed by atoms with Crippen LogP contribution in [0, 0.1) is 6.92 Å². The number of nitrogens with zero attached hydrogens (tertiary/aromatic N) is 3. The SMILES string of the molecule is CCNc1cc(CNC(=O)c2ccc(N3CC4CCC(C3)O4)cc2)nc(C)n1. The van der Waals surface area contributed by atoms with Crippen LogP contribution in [-0.4, -0.2) is 47.7 Å². The molecule has 2 N–H and O–H groups in total. The van der Waals surface area contributed by atoms with Crippen molar-refractivity contribution in [3.8, 4) is 0 Å². The van der Waals surface area contributed by atoms with Crippen LogP contribution in [-0.2, 0) is 11.3 Å². The maximum atomic E-state index is 12.5. The van der Waals surface area contributed by atoms with Gasteiger partial charge in [-0.2, -0.15) is 0 Å². The Bertz CT molecular complexity index is 827. The molecule has 2 bridgehead atoms. The second-order valence-electron chi connectivity index (χ2n) is 7.41. The minimum atomic E-state index is -0.102. The molecule has 7 heteroatoms. The third kappa shape index (κ3) is 4.25. The molecule has 148 valence electrons. The third-order valence-electron chi connectivity index (χ3n) is 5.22. The number of nitrogens with one attached hydrogen (secondary N) is 2. The molecule has 2 atom stereocenters. The summed E-state index contributed by atoms with van der Waals surface area (Å²) in [5.41, 5.74) is 2.59. The highest BCUT2D eigenvalue weighted by Crippen LogP contribution is 2.29. The Balaban J connectivity index is 1.36. The number of aromatic nitrogens is 2. The lowest BCUT2D eigenvalue weighted by Gasteiger charge is -2.33. The summed E-state index contributed by atoms with van der Waals surface area (Å²) in [6.07, 6.45) is 3.01. The van der Waals surface area contributed by atoms with Gasteiger partial charge in [-0.05, 0) is 51.0 Å². The monoisotopic (exact) mass is 381 g/mol. The van der Waals surface area contributed by atoms with Crippen molar-refractivity contribution in [3.05, 3.63) is 47.4 Å². The number of fused-ring (bicyclic) bond motifs is 2. The minimum absolute atomic E-state index is 0.102. The van der Waals surface area contributed by atoms with Gasteiger partial charge in [0.05, 0.1) is 24.4 Å². The maximum absolute atomic E-state index is 12.5. The van der Waals surface area contributed by atoms with E-state index in [4.69, 9.17) is 4.74 Å². The summed E-state index contributed by atoms with van der Waals surface area (Å²) in [6.45, 7) is 6.90. The molecule has 2 unspecified atom stereocenters. The van der Waals surface area contributed by atoms with Crippen LogP contribution in [0.25, 0.3) is 0 Å². The topological polar surface area (TPSA) is 79.4 Å². The van der Waals surface area contributed by atoms with Crippen LogP contribution in [0.15, 0.2) is 30.3 Å². The largest absolute Gasteiger partial charge is 0.371 e. The molecule has 3 heterocycles. The van der Waals surface area contributed by atoms with Gasteiger partial charge in [0.1, 0.15) is 11.6 Å². The molecule has 28 heavy (non-hydrogen) atoms. The summed E-state index contributed by atoms with van der Waals surface area (Å²) in [5.74, 6) is 1.37. The molecular formula is C21H27N5O2. The number of carbonyl (C=O) groups is 1. The predicted octanol–water partition coefficient (Wildman–Crippen LogP) is 2.51. The predicted molar refractivity (Wildman–Crippen MR) is 109 cm³/mol. The Morgan fingerprint density at radius 3 is 2.57 bits per heavy atom. The van der Waals surface area contributed by atoms with Crippen molar-refractivity contribution in [2.45, 2.75) is 45.4 Å². The third-order valence-corrected chi connectivity index (χ3v) is 5.22. The zero-order valence-electron chi connectivity index (χ0n) is 16.4. The Morgan fingerprint density at radius 1 is 1.18 bits per heavy atom. The number of carbonyl (C=O) groups excluding carboxylic acids is 1. The first-order valence-electron chi connectivity index (χ1n) is 9.98. The summed E-state index contributed by atoms with van der Waals surface area (Å²) in [5, 5.41) is 6.12. The summed E-state index contributed by atoms with van der Waals surface area (Å²) >= 11 is 0. The van der Waals surface area contributed by atoms with E-state index in [-0.39, 0.29) is 5.91 Å². The number of hydrogen-bond donors (Lipinski definition) is 2. The van der Waals surface area contributed by atoms with Gasteiger partial charge in [-0.3, -0.25) is 4.79 Å². The van der Waals surface area contributed by atoms with Gasteiger partial charge < -0.3 is 20.3 Å². The molecule has 0 aliphatic carbocycles. The number of anilines is 2. The summed E-state index contributed by atoms with van der Waals surface area (Å²) in [7, 11) is 0.